The summed E-state index contributed by atoms with van der Waals surface area (Å²) in [6, 6.07) is 22.6. The average Bonchev–Trinajstić information content (AvgIpc) is 3.03. The number of amides is 1. The number of rotatable bonds is 16. The molecule has 1 amide bonds. The van der Waals surface area contributed by atoms with Crippen molar-refractivity contribution in [3.05, 3.63) is 137 Å². The van der Waals surface area contributed by atoms with Crippen LogP contribution in [0.2, 0.25) is 0 Å². The van der Waals surface area contributed by atoms with Crippen LogP contribution in [0.15, 0.2) is 102 Å². The van der Waals surface area contributed by atoms with Gasteiger partial charge >= 0.3 is 0 Å². The molecule has 0 aliphatic rings. The number of ether oxygens (including phenoxy) is 1. The van der Waals surface area contributed by atoms with Gasteiger partial charge in [0.25, 0.3) is 5.91 Å². The second-order valence-electron chi connectivity index (χ2n) is 11.0. The number of aliphatic hydroxyl groups excluding tert-OH is 1. The Bertz CT molecular complexity index is 1780. The predicted octanol–water partition coefficient (Wildman–Crippen LogP) is 4.56. The first-order chi connectivity index (χ1) is 22.4. The second-order valence-corrected chi connectivity index (χ2v) is 13.0. The number of hydrogen-bond acceptors (Lipinski definition) is 8. The molecule has 0 heterocycles. The zero-order valence-corrected chi connectivity index (χ0v) is 26.8. The molecule has 0 aromatic heterocycles. The molecule has 0 spiro atoms. The van der Waals surface area contributed by atoms with Crippen LogP contribution >= 0.6 is 0 Å². The maximum absolute atomic E-state index is 14.0. The molecule has 4 aromatic rings. The maximum atomic E-state index is 14.0. The number of carbonyl (C=O) groups is 1. The van der Waals surface area contributed by atoms with Gasteiger partial charge < -0.3 is 20.5 Å². The van der Waals surface area contributed by atoms with Gasteiger partial charge in [-0.1, -0.05) is 49.0 Å². The molecule has 0 aliphatic heterocycles. The summed E-state index contributed by atoms with van der Waals surface area (Å²) < 4.78 is 58.4. The molecule has 248 valence electrons. The summed E-state index contributed by atoms with van der Waals surface area (Å²) in [4.78, 5) is 19.0. The third-order valence-electron chi connectivity index (χ3n) is 7.20. The SMILES string of the molecule is C=C(NOCc1ccccc1)c1cc(C(=O)N[C@@H](Cc2cc(F)cc(F)c2)[C@H](O)CNCc2cccc(OC)c2)cc(S(C)(=O)=O)c1. The van der Waals surface area contributed by atoms with Crippen molar-refractivity contribution >= 4 is 21.4 Å². The first-order valence-electron chi connectivity index (χ1n) is 14.6. The molecule has 0 radical (unpaired) electrons. The summed E-state index contributed by atoms with van der Waals surface area (Å²) >= 11 is 0. The highest BCUT2D eigenvalue weighted by molar-refractivity contribution is 7.90. The Balaban J connectivity index is 1.53. The molecule has 2 atom stereocenters. The van der Waals surface area contributed by atoms with Gasteiger partial charge in [0.15, 0.2) is 9.84 Å². The van der Waals surface area contributed by atoms with Crippen molar-refractivity contribution in [1.82, 2.24) is 16.1 Å². The smallest absolute Gasteiger partial charge is 0.251 e. The lowest BCUT2D eigenvalue weighted by Gasteiger charge is -2.25. The van der Waals surface area contributed by atoms with E-state index in [-0.39, 0.29) is 46.9 Å². The highest BCUT2D eigenvalue weighted by Gasteiger charge is 2.24. The Labute approximate surface area is 273 Å². The van der Waals surface area contributed by atoms with Crippen LogP contribution in [-0.2, 0) is 34.2 Å². The topological polar surface area (TPSA) is 126 Å². The van der Waals surface area contributed by atoms with Crippen LogP contribution in [0.4, 0.5) is 8.78 Å². The van der Waals surface area contributed by atoms with Gasteiger partial charge in [-0.2, -0.15) is 0 Å². The Morgan fingerprint density at radius 3 is 2.26 bits per heavy atom. The monoisotopic (exact) mass is 665 g/mol. The van der Waals surface area contributed by atoms with E-state index in [0.29, 0.717) is 12.3 Å². The van der Waals surface area contributed by atoms with Gasteiger partial charge in [-0.05, 0) is 65.6 Å². The van der Waals surface area contributed by atoms with Gasteiger partial charge in [-0.25, -0.2) is 17.2 Å². The minimum Gasteiger partial charge on any atom is -0.497 e. The van der Waals surface area contributed by atoms with E-state index >= 15 is 0 Å². The third-order valence-corrected chi connectivity index (χ3v) is 8.29. The molecule has 12 heteroatoms. The van der Waals surface area contributed by atoms with Gasteiger partial charge in [0.05, 0.1) is 36.5 Å². The lowest BCUT2D eigenvalue weighted by molar-refractivity contribution is 0.0648. The van der Waals surface area contributed by atoms with Crippen LogP contribution in [0, 0.1) is 11.6 Å². The molecule has 0 fully saturated rings. The Morgan fingerprint density at radius 1 is 0.894 bits per heavy atom. The summed E-state index contributed by atoms with van der Waals surface area (Å²) in [5, 5.41) is 17.0. The van der Waals surface area contributed by atoms with E-state index < -0.39 is 39.5 Å². The quantitative estimate of drug-likeness (QED) is 0.129. The van der Waals surface area contributed by atoms with Crippen molar-refractivity contribution in [2.24, 2.45) is 0 Å². The van der Waals surface area contributed by atoms with E-state index in [2.05, 4.69) is 22.7 Å². The first kappa shape index (κ1) is 35.2. The summed E-state index contributed by atoms with van der Waals surface area (Å²) in [6.07, 6.45) is -0.325. The molecule has 47 heavy (non-hydrogen) atoms. The van der Waals surface area contributed by atoms with Crippen molar-refractivity contribution in [3.63, 3.8) is 0 Å². The molecule has 4 N–H and O–H groups in total. The molecule has 0 bridgehead atoms. The number of aliphatic hydroxyl groups is 1. The van der Waals surface area contributed by atoms with Gasteiger partial charge in [-0.15, -0.1) is 0 Å². The largest absolute Gasteiger partial charge is 0.497 e. The fraction of sp³-hybridized carbons (Fsp3) is 0.229. The third kappa shape index (κ3) is 10.7. The average molecular weight is 666 g/mol. The summed E-state index contributed by atoms with van der Waals surface area (Å²) in [5.74, 6) is -1.66. The van der Waals surface area contributed by atoms with Crippen molar-refractivity contribution in [3.8, 4) is 5.75 Å². The van der Waals surface area contributed by atoms with Gasteiger partial charge in [-0.3, -0.25) is 15.1 Å². The van der Waals surface area contributed by atoms with Crippen LogP contribution in [0.1, 0.15) is 32.6 Å². The zero-order valence-electron chi connectivity index (χ0n) is 26.0. The number of carbonyl (C=O) groups excluding carboxylic acids is 1. The lowest BCUT2D eigenvalue weighted by Crippen LogP contribution is -2.48. The van der Waals surface area contributed by atoms with Gasteiger partial charge in [0.2, 0.25) is 0 Å². The number of methoxy groups -OCH3 is 1. The fourth-order valence-electron chi connectivity index (χ4n) is 4.76. The normalized spacial score (nSPS) is 12.6. The molecule has 0 unspecified atom stereocenters. The van der Waals surface area contributed by atoms with E-state index in [9.17, 15) is 27.1 Å². The second kappa shape index (κ2) is 16.3. The van der Waals surface area contributed by atoms with Gasteiger partial charge in [0.1, 0.15) is 17.4 Å². The molecule has 0 saturated carbocycles. The Kier molecular flexibility index (Phi) is 12.2. The van der Waals surface area contributed by atoms with E-state index in [4.69, 9.17) is 9.57 Å². The maximum Gasteiger partial charge on any atom is 0.251 e. The number of halogens is 2. The Hall–Kier alpha value is -4.62. The van der Waals surface area contributed by atoms with Crippen molar-refractivity contribution < 1.29 is 36.7 Å². The van der Waals surface area contributed by atoms with Gasteiger partial charge in [0, 0.05) is 36.5 Å². The van der Waals surface area contributed by atoms with E-state index in [0.717, 1.165) is 35.6 Å². The highest BCUT2D eigenvalue weighted by atomic mass is 32.2. The summed E-state index contributed by atoms with van der Waals surface area (Å²) in [7, 11) is -2.21. The van der Waals surface area contributed by atoms with E-state index in [1.54, 1.807) is 13.2 Å². The first-order valence-corrected chi connectivity index (χ1v) is 16.5. The van der Waals surface area contributed by atoms with Crippen LogP contribution < -0.4 is 20.9 Å². The van der Waals surface area contributed by atoms with Crippen LogP contribution in [-0.4, -0.2) is 51.5 Å². The number of nitrogens with one attached hydrogen (secondary N) is 3. The highest BCUT2D eigenvalue weighted by Crippen LogP contribution is 2.21. The molecule has 0 saturated heterocycles. The minimum absolute atomic E-state index is 0.00800. The molecular weight excluding hydrogens is 628 g/mol. The number of benzene rings is 4. The molecule has 0 aliphatic carbocycles. The van der Waals surface area contributed by atoms with Crippen LogP contribution in [0.25, 0.3) is 5.70 Å². The Morgan fingerprint density at radius 2 is 1.57 bits per heavy atom. The molecule has 9 nitrogen and oxygen atoms in total. The number of hydroxylamine groups is 1. The standard InChI is InChI=1S/C35H37F2N3O6S/c1-23(40-46-22-24-8-5-4-6-9-24)27-16-28(18-32(17-27)47(3,43)44)35(42)39-33(15-26-12-29(36)19-30(37)13-26)34(41)21-38-20-25-10-7-11-31(14-25)45-2/h4-14,16-19,33-34,38,40-41H,1,15,20-22H2,2-3H3,(H,39,42)/t33-,34+/m0/s1. The number of hydrogen-bond donors (Lipinski definition) is 4. The molecule has 4 aromatic carbocycles. The lowest BCUT2D eigenvalue weighted by atomic mass is 9.99. The fourth-order valence-corrected chi connectivity index (χ4v) is 5.45. The summed E-state index contributed by atoms with van der Waals surface area (Å²) in [6.45, 7) is 4.49. The summed E-state index contributed by atoms with van der Waals surface area (Å²) in [5.41, 5.74) is 5.11. The van der Waals surface area contributed by atoms with Crippen LogP contribution in [0.5, 0.6) is 5.75 Å². The number of sulfone groups is 1. The minimum atomic E-state index is -3.77. The van der Waals surface area contributed by atoms with Crippen molar-refractivity contribution in [2.45, 2.75) is 36.6 Å². The van der Waals surface area contributed by atoms with E-state index in [1.807, 2.05) is 48.5 Å². The van der Waals surface area contributed by atoms with Crippen LogP contribution in [0.3, 0.4) is 0 Å². The molecule has 4 rings (SSSR count). The van der Waals surface area contributed by atoms with E-state index in [1.165, 1.54) is 18.2 Å². The van der Waals surface area contributed by atoms with Crippen molar-refractivity contribution in [2.75, 3.05) is 19.9 Å². The van der Waals surface area contributed by atoms with Crippen molar-refractivity contribution in [1.29, 1.82) is 0 Å². The molecular formula is C35H37F2N3O6S. The zero-order chi connectivity index (χ0) is 34.0. The predicted molar refractivity (Wildman–Crippen MR) is 175 cm³/mol.